The second-order valence-electron chi connectivity index (χ2n) is 11.2. The molecule has 8 atom stereocenters. The molecule has 0 amide bonds. The average molecular weight is 403 g/mol. The lowest BCUT2D eigenvalue weighted by molar-refractivity contribution is -0.145. The van der Waals surface area contributed by atoms with Gasteiger partial charge in [0.15, 0.2) is 0 Å². The Bertz CT molecular complexity index is 688. The molecule has 162 valence electrons. The Balaban J connectivity index is 1.37. The molecule has 5 nitrogen and oxygen atoms in total. The van der Waals surface area contributed by atoms with Crippen LogP contribution in [0.5, 0.6) is 0 Å². The second-order valence-corrected chi connectivity index (χ2v) is 11.2. The number of aliphatic hydroxyl groups is 1. The monoisotopic (exact) mass is 402 g/mol. The molecule has 0 aromatic carbocycles. The van der Waals surface area contributed by atoms with Gasteiger partial charge in [-0.3, -0.25) is 4.79 Å². The summed E-state index contributed by atoms with van der Waals surface area (Å²) in [5, 5.41) is 18.3. The summed E-state index contributed by atoms with van der Waals surface area (Å²) in [6.45, 7) is 6.93. The lowest BCUT2D eigenvalue weighted by atomic mass is 9.43. The highest BCUT2D eigenvalue weighted by Gasteiger charge is 2.61. The summed E-state index contributed by atoms with van der Waals surface area (Å²) < 4.78 is 0. The predicted molar refractivity (Wildman–Crippen MR) is 112 cm³/mol. The van der Waals surface area contributed by atoms with Gasteiger partial charge in [-0.25, -0.2) is 0 Å². The maximum absolute atomic E-state index is 12.7. The zero-order valence-electron chi connectivity index (χ0n) is 18.2. The van der Waals surface area contributed by atoms with Crippen LogP contribution >= 0.6 is 0 Å². The van der Waals surface area contributed by atoms with Crippen molar-refractivity contribution in [1.82, 2.24) is 5.32 Å². The maximum Gasteiger partial charge on any atom is 0.141 e. The Morgan fingerprint density at radius 1 is 1.14 bits per heavy atom. The minimum absolute atomic E-state index is 0.0885. The number of rotatable bonds is 3. The number of carbonyl (C=O) groups excluding carboxylic acids is 1. The molecule has 1 heterocycles. The van der Waals surface area contributed by atoms with E-state index >= 15 is 0 Å². The molecule has 1 aliphatic heterocycles. The van der Waals surface area contributed by atoms with Crippen LogP contribution in [0.3, 0.4) is 0 Å². The first kappa shape index (κ1) is 20.0. The number of aliphatic hydroxyl groups excluding tert-OH is 1. The van der Waals surface area contributed by atoms with Crippen LogP contribution < -0.4 is 5.32 Å². The van der Waals surface area contributed by atoms with Crippen LogP contribution in [0.4, 0.5) is 0 Å². The van der Waals surface area contributed by atoms with Crippen molar-refractivity contribution < 1.29 is 14.7 Å². The molecule has 5 heteroatoms. The van der Waals surface area contributed by atoms with Crippen molar-refractivity contribution in [3.8, 4) is 0 Å². The Hall–Kier alpha value is -0.940. The molecular formula is C24H38N2O3. The van der Waals surface area contributed by atoms with Crippen molar-refractivity contribution in [3.05, 3.63) is 0 Å². The number of ketones is 1. The zero-order valence-corrected chi connectivity index (χ0v) is 18.2. The molecule has 0 bridgehead atoms. The fourth-order valence-electron chi connectivity index (χ4n) is 8.23. The molecule has 0 aromatic heterocycles. The summed E-state index contributed by atoms with van der Waals surface area (Å²) in [6.07, 6.45) is 9.61. The van der Waals surface area contributed by atoms with Gasteiger partial charge >= 0.3 is 0 Å². The molecule has 0 aromatic rings. The van der Waals surface area contributed by atoms with Gasteiger partial charge < -0.3 is 15.3 Å². The third-order valence-corrected chi connectivity index (χ3v) is 9.97. The lowest BCUT2D eigenvalue weighted by Gasteiger charge is -2.61. The summed E-state index contributed by atoms with van der Waals surface area (Å²) in [5.74, 6) is 3.17. The Morgan fingerprint density at radius 3 is 2.76 bits per heavy atom. The highest BCUT2D eigenvalue weighted by atomic mass is 16.6. The molecular weight excluding hydrogens is 364 g/mol. The van der Waals surface area contributed by atoms with Gasteiger partial charge in [-0.2, -0.15) is 0 Å². The van der Waals surface area contributed by atoms with Crippen LogP contribution in [0.15, 0.2) is 5.16 Å². The summed E-state index contributed by atoms with van der Waals surface area (Å²) >= 11 is 0. The van der Waals surface area contributed by atoms with E-state index in [9.17, 15) is 9.90 Å². The number of Topliss-reactive ketones (excluding diaryl/α,β-unsaturated/α-hetero) is 1. The van der Waals surface area contributed by atoms with Crippen LogP contribution in [0, 0.1) is 40.4 Å². The molecule has 29 heavy (non-hydrogen) atoms. The summed E-state index contributed by atoms with van der Waals surface area (Å²) in [4.78, 5) is 18.5. The first-order chi connectivity index (χ1) is 14.0. The highest BCUT2D eigenvalue weighted by molar-refractivity contribution is 5.87. The molecule has 0 spiro atoms. The third-order valence-electron chi connectivity index (χ3n) is 9.97. The fraction of sp³-hybridized carbons (Fsp3) is 0.917. The molecule has 4 aliphatic carbocycles. The minimum Gasteiger partial charge on any atom is -0.396 e. The van der Waals surface area contributed by atoms with E-state index in [0.29, 0.717) is 35.4 Å². The molecule has 5 rings (SSSR count). The number of hydrogen-bond donors (Lipinski definition) is 2. The van der Waals surface area contributed by atoms with Crippen molar-refractivity contribution in [1.29, 1.82) is 0 Å². The van der Waals surface area contributed by atoms with E-state index in [0.717, 1.165) is 64.5 Å². The summed E-state index contributed by atoms with van der Waals surface area (Å²) in [6, 6.07) is 0. The van der Waals surface area contributed by atoms with Crippen LogP contribution in [-0.2, 0) is 9.63 Å². The Labute approximate surface area is 175 Å². The minimum atomic E-state index is -0.0885. The topological polar surface area (TPSA) is 70.9 Å². The molecule has 1 unspecified atom stereocenters. The Morgan fingerprint density at radius 2 is 2.00 bits per heavy atom. The first-order valence-corrected chi connectivity index (χ1v) is 12.0. The summed E-state index contributed by atoms with van der Waals surface area (Å²) in [7, 11) is 0. The van der Waals surface area contributed by atoms with Gasteiger partial charge in [0.1, 0.15) is 11.9 Å². The fourth-order valence-corrected chi connectivity index (χ4v) is 8.23. The van der Waals surface area contributed by atoms with E-state index in [1.807, 2.05) is 0 Å². The quantitative estimate of drug-likeness (QED) is 0.708. The highest BCUT2D eigenvalue weighted by Crippen LogP contribution is 2.66. The van der Waals surface area contributed by atoms with E-state index < -0.39 is 0 Å². The lowest BCUT2D eigenvalue weighted by Crippen LogP contribution is -2.57. The van der Waals surface area contributed by atoms with Crippen molar-refractivity contribution in [2.24, 2.45) is 45.6 Å². The van der Waals surface area contributed by atoms with E-state index in [2.05, 4.69) is 24.3 Å². The van der Waals surface area contributed by atoms with Crippen LogP contribution in [0.1, 0.15) is 71.6 Å². The van der Waals surface area contributed by atoms with Crippen molar-refractivity contribution in [3.63, 3.8) is 0 Å². The molecule has 5 aliphatic rings. The van der Waals surface area contributed by atoms with E-state index in [1.54, 1.807) is 0 Å². The molecule has 5 fully saturated rings. The van der Waals surface area contributed by atoms with Gasteiger partial charge in [0.05, 0.1) is 5.71 Å². The zero-order chi connectivity index (χ0) is 20.2. The molecule has 2 N–H and O–H groups in total. The van der Waals surface area contributed by atoms with Crippen molar-refractivity contribution >= 4 is 11.5 Å². The van der Waals surface area contributed by atoms with Gasteiger partial charge in [0.2, 0.25) is 0 Å². The number of nitrogens with one attached hydrogen (secondary N) is 1. The number of carbonyl (C=O) groups is 1. The van der Waals surface area contributed by atoms with E-state index in [4.69, 9.17) is 4.84 Å². The predicted octanol–water partition coefficient (Wildman–Crippen LogP) is 3.55. The molecule has 0 radical (unpaired) electrons. The smallest absolute Gasteiger partial charge is 0.141 e. The van der Waals surface area contributed by atoms with E-state index in [-0.39, 0.29) is 23.5 Å². The van der Waals surface area contributed by atoms with Gasteiger partial charge in [0.25, 0.3) is 0 Å². The first-order valence-electron chi connectivity index (χ1n) is 12.0. The van der Waals surface area contributed by atoms with Gasteiger partial charge in [-0.15, -0.1) is 0 Å². The second kappa shape index (κ2) is 7.33. The molecule has 4 saturated carbocycles. The van der Waals surface area contributed by atoms with Gasteiger partial charge in [0, 0.05) is 31.4 Å². The van der Waals surface area contributed by atoms with Crippen molar-refractivity contribution in [2.45, 2.75) is 77.7 Å². The van der Waals surface area contributed by atoms with Crippen LogP contribution in [-0.4, -0.2) is 42.4 Å². The molecule has 1 saturated heterocycles. The normalized spacial score (nSPS) is 50.9. The number of nitrogens with zero attached hydrogens (tertiary/aromatic N) is 1. The van der Waals surface area contributed by atoms with Gasteiger partial charge in [-0.05, 0) is 86.5 Å². The van der Waals surface area contributed by atoms with Crippen LogP contribution in [0.2, 0.25) is 0 Å². The number of oxime groups is 1. The summed E-state index contributed by atoms with van der Waals surface area (Å²) in [5.41, 5.74) is 1.37. The van der Waals surface area contributed by atoms with Crippen molar-refractivity contribution in [2.75, 3.05) is 19.7 Å². The van der Waals surface area contributed by atoms with Gasteiger partial charge in [-0.1, -0.05) is 19.0 Å². The van der Waals surface area contributed by atoms with Crippen LogP contribution in [0.25, 0.3) is 0 Å². The SMILES string of the molecule is C[C@]12CCC(=NO[C@@H]3CCNC3)CC1[C@@H](CO)C[C@@H]1[C@@H]2CC[C@]2(C)C(=O)CC[C@@H]12. The number of fused-ring (bicyclic) bond motifs is 5. The largest absolute Gasteiger partial charge is 0.396 e. The standard InChI is InChI=1S/C24H38N2O3/c1-23-8-5-16(26-29-17-7-10-25-13-17)12-21(23)15(14-27)11-18-19-3-4-22(28)24(19,2)9-6-20(18)23/h15,17-21,25,27H,3-14H2,1-2H3/t15-,17-,18+,19+,20+,21?,23-,24+/m1/s1. The van der Waals surface area contributed by atoms with E-state index in [1.165, 1.54) is 12.1 Å². The number of hydrogen-bond acceptors (Lipinski definition) is 5. The Kier molecular flexibility index (Phi) is 5.05. The maximum atomic E-state index is 12.7. The average Bonchev–Trinajstić information content (AvgIpc) is 3.34. The third kappa shape index (κ3) is 3.10.